The molecule has 0 amide bonds. The molecule has 0 aliphatic carbocycles. The second-order valence-electron chi connectivity index (χ2n) is 20.3. The molecule has 0 aliphatic heterocycles. The molecule has 0 fully saturated rings. The van der Waals surface area contributed by atoms with Gasteiger partial charge in [-0.1, -0.05) is 179 Å². The number of phenols is 1. The molecule has 0 unspecified atom stereocenters. The molecule has 8 rings (SSSR count). The van der Waals surface area contributed by atoms with Gasteiger partial charge in [0.05, 0.1) is 22.3 Å². The first-order valence-corrected chi connectivity index (χ1v) is 22.6. The molecule has 1 N–H and O–H groups in total. The fourth-order valence-electron chi connectivity index (χ4n) is 8.52. The second kappa shape index (κ2) is 18.4. The van der Waals surface area contributed by atoms with Crippen molar-refractivity contribution in [1.82, 2.24) is 14.5 Å². The Morgan fingerprint density at radius 3 is 1.94 bits per heavy atom. The van der Waals surface area contributed by atoms with Crippen molar-refractivity contribution in [2.45, 2.75) is 118 Å². The van der Waals surface area contributed by atoms with Gasteiger partial charge in [-0.25, -0.2) is 4.98 Å². The quantitative estimate of drug-likeness (QED) is 0.147. The number of phenolic OH excluding ortho intramolecular Hbond substituents is 1. The number of aryl methyl sites for hydroxylation is 1. The van der Waals surface area contributed by atoms with Gasteiger partial charge >= 0.3 is 0 Å². The van der Waals surface area contributed by atoms with Crippen LogP contribution < -0.4 is 0 Å². The van der Waals surface area contributed by atoms with Crippen LogP contribution in [0, 0.1) is 12.9 Å². The van der Waals surface area contributed by atoms with Gasteiger partial charge in [0, 0.05) is 44.0 Å². The first-order valence-electron chi connectivity index (χ1n) is 24.6. The summed E-state index contributed by atoms with van der Waals surface area (Å²) < 4.78 is 36.0. The summed E-state index contributed by atoms with van der Waals surface area (Å²) >= 11 is 0. The van der Waals surface area contributed by atoms with Gasteiger partial charge in [-0.3, -0.25) is 9.55 Å². The Labute approximate surface area is 408 Å². The fourth-order valence-corrected chi connectivity index (χ4v) is 8.52. The molecule has 5 heteroatoms. The third-order valence-corrected chi connectivity index (χ3v) is 12.5. The van der Waals surface area contributed by atoms with E-state index in [0.29, 0.717) is 16.9 Å². The van der Waals surface area contributed by atoms with Crippen LogP contribution in [0.1, 0.15) is 140 Å². The average molecular weight is 1040 g/mol. The number of imidazole rings is 1. The van der Waals surface area contributed by atoms with E-state index in [9.17, 15) is 5.11 Å². The Kier molecular flexibility index (Phi) is 11.9. The van der Waals surface area contributed by atoms with E-state index >= 15 is 0 Å². The van der Waals surface area contributed by atoms with E-state index in [-0.39, 0.29) is 55.0 Å². The maximum atomic E-state index is 12.3. The minimum absolute atomic E-state index is 0. The van der Waals surface area contributed by atoms with E-state index < -0.39 is 12.7 Å². The number of nitrogens with zero attached hydrogens (tertiary/aromatic N) is 3. The summed E-state index contributed by atoms with van der Waals surface area (Å²) in [6, 6.07) is 44.6. The first kappa shape index (κ1) is 42.1. The Bertz CT molecular complexity index is 3160. The maximum Gasteiger partial charge on any atom is 0.148 e. The van der Waals surface area contributed by atoms with Crippen molar-refractivity contribution in [3.8, 4) is 67.5 Å². The Balaban J connectivity index is 0.00000703. The number of fused-ring (bicyclic) bond motifs is 1. The topological polar surface area (TPSA) is 50.9 Å². The SMILES string of the molecule is [2H]C([2H])([2H])c1ccc(-n2c(-c3cc(C(C)C)cc(C(C)C)c3O)nc3c(-c4[c-]c(-c5cc(-c6ccc(C([2H])(C)C)cc6)ccn5)cc(C(C)(C)C)c4)cccc32)c(-c2ccc(C(C)(C)C)cc2)c1.[Pt]. The van der Waals surface area contributed by atoms with Gasteiger partial charge in [0.15, 0.2) is 0 Å². The van der Waals surface area contributed by atoms with E-state index in [1.54, 1.807) is 12.1 Å². The molecular formula is C60H64N3OPt-. The van der Waals surface area contributed by atoms with Crippen LogP contribution in [0.15, 0.2) is 128 Å². The van der Waals surface area contributed by atoms with Crippen LogP contribution in [-0.4, -0.2) is 19.6 Å². The average Bonchev–Trinajstić information content (AvgIpc) is 3.67. The number of rotatable bonds is 9. The van der Waals surface area contributed by atoms with Crippen molar-refractivity contribution < 1.29 is 31.7 Å². The summed E-state index contributed by atoms with van der Waals surface area (Å²) in [5.74, 6) is 0.230. The van der Waals surface area contributed by atoms with Gasteiger partial charge in [-0.05, 0) is 105 Å². The van der Waals surface area contributed by atoms with Crippen molar-refractivity contribution in [2.75, 3.05) is 0 Å². The van der Waals surface area contributed by atoms with Crippen LogP contribution in [0.5, 0.6) is 5.75 Å². The monoisotopic (exact) mass is 1040 g/mol. The largest absolute Gasteiger partial charge is 0.507 e. The van der Waals surface area contributed by atoms with Gasteiger partial charge in [0.25, 0.3) is 0 Å². The molecule has 0 saturated heterocycles. The van der Waals surface area contributed by atoms with Crippen LogP contribution in [0.4, 0.5) is 0 Å². The van der Waals surface area contributed by atoms with Gasteiger partial charge in [0.2, 0.25) is 0 Å². The number of pyridine rings is 1. The standard InChI is InChI=1S/C60H64N3O.Pt/c1-36(2)40-18-20-41(21-19-40)43-27-28-61-53(35-43)46-30-45(31-48(32-46)60(11,12)13)49-15-14-16-55-56(49)62-58(52-34-44(37(3)4)33-50(38(5)6)57(52)64)63(55)54-26-17-39(7)29-51(54)42-22-24-47(25-23-42)59(8,9)10;/h14-29,31-38,64H,1-13H3;/q-1;/i7D3,36D;. The fraction of sp³-hybridized carbons (Fsp3) is 0.300. The third kappa shape index (κ3) is 9.57. The molecule has 0 aliphatic rings. The van der Waals surface area contributed by atoms with Crippen molar-refractivity contribution in [3.05, 3.63) is 167 Å². The molecule has 2 aromatic heterocycles. The molecule has 0 bridgehead atoms. The van der Waals surface area contributed by atoms with E-state index in [4.69, 9.17) is 15.5 Å². The molecule has 0 saturated carbocycles. The van der Waals surface area contributed by atoms with Crippen LogP contribution in [0.25, 0.3) is 72.7 Å². The zero-order chi connectivity index (χ0) is 49.2. The molecule has 8 aromatic rings. The number of hydrogen-bond acceptors (Lipinski definition) is 3. The third-order valence-electron chi connectivity index (χ3n) is 12.5. The Morgan fingerprint density at radius 2 is 1.31 bits per heavy atom. The van der Waals surface area contributed by atoms with Gasteiger partial charge in [-0.2, -0.15) is 0 Å². The van der Waals surface area contributed by atoms with E-state index in [0.717, 1.165) is 78.1 Å². The molecule has 65 heavy (non-hydrogen) atoms. The predicted molar refractivity (Wildman–Crippen MR) is 271 cm³/mol. The van der Waals surface area contributed by atoms with Crippen molar-refractivity contribution >= 4 is 11.0 Å². The summed E-state index contributed by atoms with van der Waals surface area (Å²) in [5, 5.41) is 12.3. The second-order valence-corrected chi connectivity index (χ2v) is 20.3. The van der Waals surface area contributed by atoms with Crippen molar-refractivity contribution in [2.24, 2.45) is 0 Å². The van der Waals surface area contributed by atoms with Gasteiger partial charge < -0.3 is 5.11 Å². The molecule has 4 nitrogen and oxygen atoms in total. The van der Waals surface area contributed by atoms with E-state index in [2.05, 4.69) is 159 Å². The van der Waals surface area contributed by atoms with Crippen LogP contribution in [0.3, 0.4) is 0 Å². The summed E-state index contributed by atoms with van der Waals surface area (Å²) in [6.45, 7) is 23.1. The zero-order valence-corrected chi connectivity index (χ0v) is 42.2. The van der Waals surface area contributed by atoms with Crippen LogP contribution >= 0.6 is 0 Å². The predicted octanol–water partition coefficient (Wildman–Crippen LogP) is 16.5. The normalized spacial score (nSPS) is 13.4. The van der Waals surface area contributed by atoms with Gasteiger partial charge in [-0.15, -0.1) is 29.3 Å². The minimum Gasteiger partial charge on any atom is -0.507 e. The summed E-state index contributed by atoms with van der Waals surface area (Å²) in [4.78, 5) is 10.5. The molecule has 0 atom stereocenters. The van der Waals surface area contributed by atoms with E-state index in [1.165, 1.54) is 5.56 Å². The van der Waals surface area contributed by atoms with Gasteiger partial charge in [0.1, 0.15) is 11.6 Å². The summed E-state index contributed by atoms with van der Waals surface area (Å²) in [7, 11) is 0. The zero-order valence-electron chi connectivity index (χ0n) is 43.9. The molecule has 0 spiro atoms. The van der Waals surface area contributed by atoms with Crippen LogP contribution in [-0.2, 0) is 31.9 Å². The molecular weight excluding hydrogens is 974 g/mol. The van der Waals surface area contributed by atoms with Crippen molar-refractivity contribution in [3.63, 3.8) is 0 Å². The smallest absolute Gasteiger partial charge is 0.148 e. The molecule has 6 aromatic carbocycles. The molecule has 336 valence electrons. The molecule has 2 heterocycles. The van der Waals surface area contributed by atoms with Crippen molar-refractivity contribution in [1.29, 1.82) is 0 Å². The summed E-state index contributed by atoms with van der Waals surface area (Å²) in [6.07, 6.45) is 1.84. The summed E-state index contributed by atoms with van der Waals surface area (Å²) in [5.41, 5.74) is 14.9. The number of aromatic hydroxyl groups is 1. The van der Waals surface area contributed by atoms with Crippen LogP contribution in [0.2, 0.25) is 0 Å². The number of hydrogen-bond donors (Lipinski definition) is 1. The number of benzene rings is 6. The number of aromatic nitrogens is 3. The molecule has 0 radical (unpaired) electrons. The maximum absolute atomic E-state index is 12.3. The Morgan fingerprint density at radius 1 is 0.631 bits per heavy atom. The minimum atomic E-state index is -2.34. The number of para-hydroxylation sites is 1. The Hall–Kier alpha value is -5.57. The van der Waals surface area contributed by atoms with E-state index in [1.807, 2.05) is 50.4 Å². The first-order chi connectivity index (χ1) is 31.8.